The van der Waals surface area contributed by atoms with Gasteiger partial charge in [0, 0.05) is 5.56 Å². The van der Waals surface area contributed by atoms with Crippen LogP contribution in [0.4, 0.5) is 13.2 Å². The van der Waals surface area contributed by atoms with Gasteiger partial charge in [0.2, 0.25) is 0 Å². The molecule has 0 saturated heterocycles. The number of amides is 1. The second-order valence-electron chi connectivity index (χ2n) is 2.82. The summed E-state index contributed by atoms with van der Waals surface area (Å²) in [6.07, 6.45) is -4.68. The van der Waals surface area contributed by atoms with E-state index in [0.29, 0.717) is 0 Å². The van der Waals surface area contributed by atoms with Gasteiger partial charge < -0.3 is 0 Å². The van der Waals surface area contributed by atoms with Gasteiger partial charge in [0.05, 0.1) is 0 Å². The zero-order valence-electron chi connectivity index (χ0n) is 7.35. The van der Waals surface area contributed by atoms with Gasteiger partial charge in [-0.05, 0) is 19.1 Å². The Kier molecular flexibility index (Phi) is 2.78. The molecule has 1 aromatic rings. The number of nitrogens with one attached hydrogen (secondary N) is 1. The lowest BCUT2D eigenvalue weighted by molar-refractivity contribution is -0.146. The quantitative estimate of drug-likeness (QED) is 0.697. The number of benzene rings is 1. The van der Waals surface area contributed by atoms with Crippen LogP contribution in [0.25, 0.3) is 0 Å². The summed E-state index contributed by atoms with van der Waals surface area (Å²) in [5, 5.41) is 0.924. The normalized spacial score (nSPS) is 11.1. The molecule has 0 aliphatic carbocycles. The minimum absolute atomic E-state index is 0.00215. The van der Waals surface area contributed by atoms with Crippen molar-refractivity contribution in [2.45, 2.75) is 13.2 Å². The zero-order valence-corrected chi connectivity index (χ0v) is 7.35. The molecule has 76 valence electrons. The Morgan fingerprint density at radius 2 is 2.00 bits per heavy atom. The van der Waals surface area contributed by atoms with Gasteiger partial charge in [-0.2, -0.15) is 13.2 Å². The van der Waals surface area contributed by atoms with Crippen LogP contribution in [0.15, 0.2) is 24.3 Å². The number of aryl methyl sites for hydroxylation is 1. The number of rotatable bonds is 1. The maximum atomic E-state index is 11.8. The van der Waals surface area contributed by atoms with Crippen LogP contribution in [0.2, 0.25) is 0 Å². The minimum Gasteiger partial charge on any atom is -0.269 e. The molecule has 0 unspecified atom stereocenters. The van der Waals surface area contributed by atoms with E-state index in [4.69, 9.17) is 0 Å². The molecule has 1 rings (SSSR count). The van der Waals surface area contributed by atoms with Crippen LogP contribution in [-0.4, -0.2) is 12.2 Å². The first-order valence-electron chi connectivity index (χ1n) is 3.84. The van der Waals surface area contributed by atoms with E-state index >= 15 is 0 Å². The average Bonchev–Trinajstić information content (AvgIpc) is 2.01. The first-order valence-corrected chi connectivity index (χ1v) is 3.84. The molecule has 0 bridgehead atoms. The lowest BCUT2D eigenvalue weighted by atomic mass is 10.1. The number of alkyl halides is 3. The third-order valence-corrected chi connectivity index (χ3v) is 1.54. The highest BCUT2D eigenvalue weighted by Gasteiger charge is 2.30. The van der Waals surface area contributed by atoms with Crippen molar-refractivity contribution < 1.29 is 18.0 Å². The summed E-state index contributed by atoms with van der Waals surface area (Å²) in [7, 11) is 0. The van der Waals surface area contributed by atoms with Crippen molar-refractivity contribution in [2.24, 2.45) is 0 Å². The fourth-order valence-electron chi connectivity index (χ4n) is 0.987. The van der Waals surface area contributed by atoms with E-state index < -0.39 is 12.2 Å². The molecule has 0 aliphatic heterocycles. The average molecular weight is 203 g/mol. The van der Waals surface area contributed by atoms with Gasteiger partial charge in [-0.3, -0.25) is 10.1 Å². The van der Waals surface area contributed by atoms with E-state index in [2.05, 4.69) is 0 Å². The van der Waals surface area contributed by atoms with E-state index in [0.717, 1.165) is 10.9 Å². The van der Waals surface area contributed by atoms with Crippen LogP contribution in [0.3, 0.4) is 0 Å². The van der Waals surface area contributed by atoms with Gasteiger partial charge in [-0.15, -0.1) is 0 Å². The van der Waals surface area contributed by atoms with Crippen LogP contribution in [0.1, 0.15) is 15.9 Å². The highest BCUT2D eigenvalue weighted by Crippen LogP contribution is 2.12. The van der Waals surface area contributed by atoms with Crippen molar-refractivity contribution in [3.05, 3.63) is 35.4 Å². The Morgan fingerprint density at radius 1 is 1.36 bits per heavy atom. The second-order valence-corrected chi connectivity index (χ2v) is 2.82. The van der Waals surface area contributed by atoms with E-state index in [-0.39, 0.29) is 5.56 Å². The summed E-state index contributed by atoms with van der Waals surface area (Å²) in [6.45, 7) is 1.70. The van der Waals surface area contributed by atoms with E-state index in [9.17, 15) is 18.0 Å². The summed E-state index contributed by atoms with van der Waals surface area (Å²) in [6, 6.07) is 5.94. The molecule has 0 heterocycles. The van der Waals surface area contributed by atoms with Gasteiger partial charge in [0.15, 0.2) is 0 Å². The third kappa shape index (κ3) is 3.08. The molecule has 14 heavy (non-hydrogen) atoms. The molecule has 1 N–H and O–H groups in total. The summed E-state index contributed by atoms with van der Waals surface area (Å²) in [5.74, 6) is -1.14. The standard InChI is InChI=1S/C9H8F3NO/c1-6-3-2-4-7(5-6)8(14)13-9(10,11)12/h2-5H,1H3,(H,13,14). The molecule has 0 aromatic heterocycles. The van der Waals surface area contributed by atoms with Crippen LogP contribution >= 0.6 is 0 Å². The molecule has 0 radical (unpaired) electrons. The van der Waals surface area contributed by atoms with Gasteiger partial charge in [-0.1, -0.05) is 17.7 Å². The first kappa shape index (κ1) is 10.6. The predicted octanol–water partition coefficient (Wildman–Crippen LogP) is 2.24. The maximum absolute atomic E-state index is 11.8. The van der Waals surface area contributed by atoms with Crippen molar-refractivity contribution in [1.29, 1.82) is 0 Å². The number of carbonyl (C=O) groups is 1. The highest BCUT2D eigenvalue weighted by molar-refractivity contribution is 5.94. The van der Waals surface area contributed by atoms with Crippen LogP contribution in [0.5, 0.6) is 0 Å². The number of carbonyl (C=O) groups excluding carboxylic acids is 1. The topological polar surface area (TPSA) is 29.1 Å². The maximum Gasteiger partial charge on any atom is 0.484 e. The van der Waals surface area contributed by atoms with Crippen molar-refractivity contribution >= 4 is 5.91 Å². The largest absolute Gasteiger partial charge is 0.484 e. The molecule has 1 aromatic carbocycles. The Hall–Kier alpha value is -1.52. The monoisotopic (exact) mass is 203 g/mol. The molecule has 1 amide bonds. The summed E-state index contributed by atoms with van der Waals surface area (Å²) >= 11 is 0. The molecular weight excluding hydrogens is 195 g/mol. The van der Waals surface area contributed by atoms with Crippen LogP contribution < -0.4 is 5.32 Å². The molecule has 0 spiro atoms. The number of hydrogen-bond donors (Lipinski definition) is 1. The van der Waals surface area contributed by atoms with Gasteiger partial charge in [-0.25, -0.2) is 0 Å². The third-order valence-electron chi connectivity index (χ3n) is 1.54. The van der Waals surface area contributed by atoms with Gasteiger partial charge >= 0.3 is 6.30 Å². The molecular formula is C9H8F3NO. The molecule has 0 fully saturated rings. The van der Waals surface area contributed by atoms with E-state index in [1.807, 2.05) is 0 Å². The van der Waals surface area contributed by atoms with Crippen molar-refractivity contribution in [1.82, 2.24) is 5.32 Å². The Morgan fingerprint density at radius 3 is 2.50 bits per heavy atom. The highest BCUT2D eigenvalue weighted by atomic mass is 19.4. The van der Waals surface area contributed by atoms with Crippen LogP contribution in [-0.2, 0) is 0 Å². The summed E-state index contributed by atoms with van der Waals surface area (Å²) in [5.41, 5.74) is 0.738. The molecule has 0 aliphatic rings. The molecule has 0 atom stereocenters. The van der Waals surface area contributed by atoms with E-state index in [1.54, 1.807) is 13.0 Å². The Labute approximate surface area is 78.7 Å². The van der Waals surface area contributed by atoms with Gasteiger partial charge in [0.1, 0.15) is 0 Å². The molecule has 0 saturated carbocycles. The Balaban J connectivity index is 2.80. The van der Waals surface area contributed by atoms with Crippen molar-refractivity contribution in [3.63, 3.8) is 0 Å². The lowest BCUT2D eigenvalue weighted by Gasteiger charge is -2.08. The first-order chi connectivity index (χ1) is 6.38. The molecule has 2 nitrogen and oxygen atoms in total. The van der Waals surface area contributed by atoms with Gasteiger partial charge in [0.25, 0.3) is 5.91 Å². The van der Waals surface area contributed by atoms with Crippen molar-refractivity contribution in [2.75, 3.05) is 0 Å². The second kappa shape index (κ2) is 3.69. The smallest absolute Gasteiger partial charge is 0.269 e. The Bertz CT molecular complexity index is 346. The minimum atomic E-state index is -4.68. The summed E-state index contributed by atoms with van der Waals surface area (Å²) < 4.78 is 35.3. The number of halogens is 3. The predicted molar refractivity (Wildman–Crippen MR) is 44.7 cm³/mol. The van der Waals surface area contributed by atoms with Crippen LogP contribution in [0, 0.1) is 6.92 Å². The summed E-state index contributed by atoms with van der Waals surface area (Å²) in [4.78, 5) is 11.0. The molecule has 5 heteroatoms. The zero-order chi connectivity index (χ0) is 10.8. The van der Waals surface area contributed by atoms with Crippen molar-refractivity contribution in [3.8, 4) is 0 Å². The number of hydrogen-bond acceptors (Lipinski definition) is 1. The lowest BCUT2D eigenvalue weighted by Crippen LogP contribution is -2.37. The van der Waals surface area contributed by atoms with E-state index in [1.165, 1.54) is 18.2 Å². The fourth-order valence-corrected chi connectivity index (χ4v) is 0.987. The SMILES string of the molecule is Cc1cccc(C(=O)NC(F)(F)F)c1. The fraction of sp³-hybridized carbons (Fsp3) is 0.222.